The fraction of sp³-hybridized carbons (Fsp3) is 0.500. The first-order chi connectivity index (χ1) is 7.36. The van der Waals surface area contributed by atoms with Gasteiger partial charge in [-0.15, -0.1) is 0 Å². The fourth-order valence-corrected chi connectivity index (χ4v) is 1.81. The zero-order chi connectivity index (χ0) is 10.5. The van der Waals surface area contributed by atoms with Gasteiger partial charge in [-0.2, -0.15) is 0 Å². The van der Waals surface area contributed by atoms with E-state index >= 15 is 0 Å². The van der Waals surface area contributed by atoms with Crippen LogP contribution in [0.5, 0.6) is 0 Å². The number of benzene rings is 1. The quantitative estimate of drug-likeness (QED) is 0.815. The zero-order valence-electron chi connectivity index (χ0n) is 8.71. The van der Waals surface area contributed by atoms with Gasteiger partial charge in [0.1, 0.15) is 5.82 Å². The highest BCUT2D eigenvalue weighted by Gasteiger charge is 2.14. The van der Waals surface area contributed by atoms with E-state index in [0.29, 0.717) is 6.04 Å². The van der Waals surface area contributed by atoms with Gasteiger partial charge in [-0.25, -0.2) is 4.39 Å². The lowest BCUT2D eigenvalue weighted by atomic mass is 10.1. The smallest absolute Gasteiger partial charge is 0.126 e. The maximum absolute atomic E-state index is 13.2. The highest BCUT2D eigenvalue weighted by molar-refractivity contribution is 5.17. The number of rotatable bonds is 4. The molecule has 0 amide bonds. The molecule has 1 aromatic rings. The minimum absolute atomic E-state index is 0.109. The molecule has 0 bridgehead atoms. The van der Waals surface area contributed by atoms with Crippen LogP contribution in [0, 0.1) is 5.82 Å². The van der Waals surface area contributed by atoms with Crippen LogP contribution in [-0.2, 0) is 11.2 Å². The Kier molecular flexibility index (Phi) is 3.69. The van der Waals surface area contributed by atoms with Crippen LogP contribution in [0.1, 0.15) is 12.0 Å². The van der Waals surface area contributed by atoms with E-state index in [-0.39, 0.29) is 5.82 Å². The number of nitrogens with one attached hydrogen (secondary N) is 1. The SMILES string of the molecule is Fc1ccccc1CCN[C@@H]1CCOC1. The molecule has 3 heteroatoms. The maximum atomic E-state index is 13.2. The Labute approximate surface area is 89.4 Å². The molecule has 1 fully saturated rings. The van der Waals surface area contributed by atoms with Gasteiger partial charge in [0, 0.05) is 12.6 Å². The van der Waals surface area contributed by atoms with Crippen molar-refractivity contribution in [1.29, 1.82) is 0 Å². The third kappa shape index (κ3) is 3.01. The molecule has 82 valence electrons. The fourth-order valence-electron chi connectivity index (χ4n) is 1.81. The Morgan fingerprint density at radius 1 is 1.40 bits per heavy atom. The molecule has 2 nitrogen and oxygen atoms in total. The maximum Gasteiger partial charge on any atom is 0.126 e. The highest BCUT2D eigenvalue weighted by atomic mass is 19.1. The molecule has 1 aromatic carbocycles. The number of ether oxygens (including phenoxy) is 1. The lowest BCUT2D eigenvalue weighted by Gasteiger charge is -2.10. The first kappa shape index (κ1) is 10.6. The van der Waals surface area contributed by atoms with Crippen LogP contribution in [-0.4, -0.2) is 25.8 Å². The van der Waals surface area contributed by atoms with E-state index in [2.05, 4.69) is 5.32 Å². The van der Waals surface area contributed by atoms with Gasteiger partial charge in [-0.05, 0) is 31.0 Å². The van der Waals surface area contributed by atoms with Crippen molar-refractivity contribution in [2.75, 3.05) is 19.8 Å². The Hall–Kier alpha value is -0.930. The van der Waals surface area contributed by atoms with E-state index in [9.17, 15) is 4.39 Å². The summed E-state index contributed by atoms with van der Waals surface area (Å²) in [7, 11) is 0. The van der Waals surface area contributed by atoms with Gasteiger partial charge in [0.05, 0.1) is 6.61 Å². The van der Waals surface area contributed by atoms with Gasteiger partial charge in [0.25, 0.3) is 0 Å². The standard InChI is InChI=1S/C12H16FNO/c13-12-4-2-1-3-10(12)5-7-14-11-6-8-15-9-11/h1-4,11,14H,5-9H2/t11-/m1/s1. The van der Waals surface area contributed by atoms with Crippen molar-refractivity contribution in [3.8, 4) is 0 Å². The first-order valence-corrected chi connectivity index (χ1v) is 5.41. The molecule has 0 aliphatic carbocycles. The third-order valence-corrected chi connectivity index (χ3v) is 2.71. The summed E-state index contributed by atoms with van der Waals surface area (Å²) in [6.07, 6.45) is 1.81. The van der Waals surface area contributed by atoms with Crippen LogP contribution >= 0.6 is 0 Å². The second-order valence-electron chi connectivity index (χ2n) is 3.86. The average molecular weight is 209 g/mol. The lowest BCUT2D eigenvalue weighted by Crippen LogP contribution is -2.31. The van der Waals surface area contributed by atoms with E-state index in [1.165, 1.54) is 6.07 Å². The van der Waals surface area contributed by atoms with E-state index < -0.39 is 0 Å². The second-order valence-corrected chi connectivity index (χ2v) is 3.86. The summed E-state index contributed by atoms with van der Waals surface area (Å²) >= 11 is 0. The van der Waals surface area contributed by atoms with Gasteiger partial charge in [-0.1, -0.05) is 18.2 Å². The predicted octanol–water partition coefficient (Wildman–Crippen LogP) is 1.75. The Bertz CT molecular complexity index is 310. The number of hydrogen-bond donors (Lipinski definition) is 1. The van der Waals surface area contributed by atoms with Crippen LogP contribution in [0.25, 0.3) is 0 Å². The minimum atomic E-state index is -0.109. The highest BCUT2D eigenvalue weighted by Crippen LogP contribution is 2.07. The summed E-state index contributed by atoms with van der Waals surface area (Å²) in [6.45, 7) is 2.45. The van der Waals surface area contributed by atoms with Crippen LogP contribution in [0.2, 0.25) is 0 Å². The minimum Gasteiger partial charge on any atom is -0.380 e. The largest absolute Gasteiger partial charge is 0.380 e. The van der Waals surface area contributed by atoms with Crippen molar-refractivity contribution < 1.29 is 9.13 Å². The molecule has 1 saturated heterocycles. The van der Waals surface area contributed by atoms with Gasteiger partial charge < -0.3 is 10.1 Å². The lowest BCUT2D eigenvalue weighted by molar-refractivity contribution is 0.190. The molecular formula is C12H16FNO. The van der Waals surface area contributed by atoms with Crippen molar-refractivity contribution >= 4 is 0 Å². The average Bonchev–Trinajstić information content (AvgIpc) is 2.74. The molecule has 0 aromatic heterocycles. The number of hydrogen-bond acceptors (Lipinski definition) is 2. The van der Waals surface area contributed by atoms with E-state index in [0.717, 1.165) is 38.2 Å². The van der Waals surface area contributed by atoms with Crippen LogP contribution in [0.3, 0.4) is 0 Å². The first-order valence-electron chi connectivity index (χ1n) is 5.41. The van der Waals surface area contributed by atoms with Crippen molar-refractivity contribution in [2.45, 2.75) is 18.9 Å². The van der Waals surface area contributed by atoms with E-state index in [1.54, 1.807) is 6.07 Å². The molecule has 15 heavy (non-hydrogen) atoms. The monoisotopic (exact) mass is 209 g/mol. The van der Waals surface area contributed by atoms with Crippen LogP contribution in [0.15, 0.2) is 24.3 Å². The third-order valence-electron chi connectivity index (χ3n) is 2.71. The molecule has 1 N–H and O–H groups in total. The summed E-state index contributed by atoms with van der Waals surface area (Å²) in [4.78, 5) is 0. The molecule has 0 saturated carbocycles. The van der Waals surface area contributed by atoms with Gasteiger partial charge >= 0.3 is 0 Å². The molecule has 1 atom stereocenters. The Morgan fingerprint density at radius 3 is 3.00 bits per heavy atom. The van der Waals surface area contributed by atoms with Gasteiger partial charge in [0.15, 0.2) is 0 Å². The molecule has 0 radical (unpaired) electrons. The molecule has 1 aliphatic rings. The van der Waals surface area contributed by atoms with E-state index in [1.807, 2.05) is 12.1 Å². The normalized spacial score (nSPS) is 20.7. The molecule has 0 spiro atoms. The Balaban J connectivity index is 1.75. The summed E-state index contributed by atoms with van der Waals surface area (Å²) < 4.78 is 18.5. The molecular weight excluding hydrogens is 193 g/mol. The predicted molar refractivity (Wildman–Crippen MR) is 57.3 cm³/mol. The molecule has 1 aliphatic heterocycles. The number of halogens is 1. The summed E-state index contributed by atoms with van der Waals surface area (Å²) in [5.41, 5.74) is 0.781. The molecule has 1 heterocycles. The van der Waals surface area contributed by atoms with Crippen molar-refractivity contribution in [1.82, 2.24) is 5.32 Å². The summed E-state index contributed by atoms with van der Waals surface area (Å²) in [5, 5.41) is 3.37. The second kappa shape index (κ2) is 5.24. The summed E-state index contributed by atoms with van der Waals surface area (Å²) in [5.74, 6) is -0.109. The van der Waals surface area contributed by atoms with Gasteiger partial charge in [0.2, 0.25) is 0 Å². The Morgan fingerprint density at radius 2 is 2.27 bits per heavy atom. The van der Waals surface area contributed by atoms with Crippen molar-refractivity contribution in [2.24, 2.45) is 0 Å². The van der Waals surface area contributed by atoms with Crippen molar-refractivity contribution in [3.05, 3.63) is 35.6 Å². The van der Waals surface area contributed by atoms with Crippen molar-refractivity contribution in [3.63, 3.8) is 0 Å². The topological polar surface area (TPSA) is 21.3 Å². The van der Waals surface area contributed by atoms with Crippen LogP contribution < -0.4 is 5.32 Å². The van der Waals surface area contributed by atoms with Crippen LogP contribution in [0.4, 0.5) is 4.39 Å². The summed E-state index contributed by atoms with van der Waals surface area (Å²) in [6, 6.07) is 7.39. The molecule has 2 rings (SSSR count). The zero-order valence-corrected chi connectivity index (χ0v) is 8.71. The molecule has 0 unspecified atom stereocenters. The van der Waals surface area contributed by atoms with Gasteiger partial charge in [-0.3, -0.25) is 0 Å². The van der Waals surface area contributed by atoms with E-state index in [4.69, 9.17) is 4.74 Å².